The first-order valence-corrected chi connectivity index (χ1v) is 9.82. The van der Waals surface area contributed by atoms with Crippen molar-refractivity contribution < 1.29 is 9.53 Å². The standard InChI is InChI=1S/C20H33NO2/c1-2-3-4-5-6-20(22)23-19-13-11-18(12-14-19)17-9-7-16(15-21)8-10-17/h16-19H,2-14H2,1H3. The number of nitrogens with zero attached hydrogens (tertiary/aromatic N) is 1. The van der Waals surface area contributed by atoms with Gasteiger partial charge < -0.3 is 4.74 Å². The summed E-state index contributed by atoms with van der Waals surface area (Å²) in [6.07, 6.45) is 14.4. The van der Waals surface area contributed by atoms with Crippen molar-refractivity contribution >= 4 is 5.97 Å². The molecule has 2 rings (SSSR count). The molecular formula is C20H33NO2. The molecule has 0 unspecified atom stereocenters. The molecule has 0 heterocycles. The van der Waals surface area contributed by atoms with Gasteiger partial charge in [0.05, 0.1) is 6.07 Å². The predicted molar refractivity (Wildman–Crippen MR) is 91.7 cm³/mol. The van der Waals surface area contributed by atoms with E-state index in [4.69, 9.17) is 10.00 Å². The van der Waals surface area contributed by atoms with Gasteiger partial charge >= 0.3 is 5.97 Å². The Bertz CT molecular complexity index is 385. The van der Waals surface area contributed by atoms with Gasteiger partial charge in [0, 0.05) is 12.3 Å². The van der Waals surface area contributed by atoms with Crippen molar-refractivity contribution in [2.75, 3.05) is 0 Å². The lowest BCUT2D eigenvalue weighted by atomic mass is 9.71. The van der Waals surface area contributed by atoms with Gasteiger partial charge in [-0.3, -0.25) is 4.79 Å². The summed E-state index contributed by atoms with van der Waals surface area (Å²) in [6, 6.07) is 2.42. The highest BCUT2D eigenvalue weighted by Gasteiger charge is 2.31. The van der Waals surface area contributed by atoms with Gasteiger partial charge in [-0.15, -0.1) is 0 Å². The van der Waals surface area contributed by atoms with E-state index in [1.54, 1.807) is 0 Å². The summed E-state index contributed by atoms with van der Waals surface area (Å²) >= 11 is 0. The minimum atomic E-state index is 0.0130. The molecule has 0 radical (unpaired) electrons. The second kappa shape index (κ2) is 9.96. The van der Waals surface area contributed by atoms with Gasteiger partial charge in [-0.25, -0.2) is 0 Å². The van der Waals surface area contributed by atoms with E-state index in [1.165, 1.54) is 38.5 Å². The van der Waals surface area contributed by atoms with Crippen LogP contribution in [0.1, 0.15) is 90.4 Å². The van der Waals surface area contributed by atoms with E-state index in [0.29, 0.717) is 12.3 Å². The molecule has 2 saturated carbocycles. The number of carbonyl (C=O) groups excluding carboxylic acids is 1. The van der Waals surface area contributed by atoms with Crippen molar-refractivity contribution in [1.82, 2.24) is 0 Å². The summed E-state index contributed by atoms with van der Waals surface area (Å²) < 4.78 is 5.66. The third kappa shape index (κ3) is 6.16. The van der Waals surface area contributed by atoms with Gasteiger partial charge in [-0.2, -0.15) is 5.26 Å². The minimum absolute atomic E-state index is 0.0130. The van der Waals surface area contributed by atoms with Crippen LogP contribution in [0.25, 0.3) is 0 Å². The fraction of sp³-hybridized carbons (Fsp3) is 0.900. The number of nitriles is 1. The molecule has 130 valence electrons. The molecule has 2 aliphatic carbocycles. The molecule has 0 N–H and O–H groups in total. The minimum Gasteiger partial charge on any atom is -0.462 e. The molecule has 2 fully saturated rings. The summed E-state index contributed by atoms with van der Waals surface area (Å²) in [7, 11) is 0. The first-order chi connectivity index (χ1) is 11.2. The monoisotopic (exact) mass is 319 g/mol. The van der Waals surface area contributed by atoms with Crippen LogP contribution in [0.4, 0.5) is 0 Å². The van der Waals surface area contributed by atoms with E-state index >= 15 is 0 Å². The SMILES string of the molecule is CCCCCCC(=O)OC1CCC(C2CCC(C#N)CC2)CC1. The van der Waals surface area contributed by atoms with Crippen LogP contribution < -0.4 is 0 Å². The van der Waals surface area contributed by atoms with Crippen molar-refractivity contribution in [2.45, 2.75) is 96.5 Å². The molecule has 0 aromatic rings. The Labute approximate surface area is 141 Å². The predicted octanol–water partition coefficient (Wildman–Crippen LogP) is 5.39. The Morgan fingerprint density at radius 1 is 0.957 bits per heavy atom. The Morgan fingerprint density at radius 2 is 1.57 bits per heavy atom. The fourth-order valence-electron chi connectivity index (χ4n) is 4.34. The maximum Gasteiger partial charge on any atom is 0.306 e. The van der Waals surface area contributed by atoms with Crippen molar-refractivity contribution in [1.29, 1.82) is 5.26 Å². The fourth-order valence-corrected chi connectivity index (χ4v) is 4.34. The van der Waals surface area contributed by atoms with E-state index in [-0.39, 0.29) is 12.1 Å². The Morgan fingerprint density at radius 3 is 2.13 bits per heavy atom. The van der Waals surface area contributed by atoms with Gasteiger partial charge in [0.1, 0.15) is 6.10 Å². The van der Waals surface area contributed by atoms with E-state index in [2.05, 4.69) is 13.0 Å². The molecule has 0 atom stereocenters. The van der Waals surface area contributed by atoms with Crippen molar-refractivity contribution in [3.8, 4) is 6.07 Å². The summed E-state index contributed by atoms with van der Waals surface area (Å²) in [5.41, 5.74) is 0. The van der Waals surface area contributed by atoms with E-state index in [9.17, 15) is 4.79 Å². The number of carbonyl (C=O) groups is 1. The lowest BCUT2D eigenvalue weighted by Crippen LogP contribution is -2.29. The largest absolute Gasteiger partial charge is 0.462 e. The molecule has 0 bridgehead atoms. The number of hydrogen-bond donors (Lipinski definition) is 0. The Kier molecular flexibility index (Phi) is 7.92. The molecule has 0 spiro atoms. The zero-order valence-corrected chi connectivity index (χ0v) is 14.8. The molecule has 0 amide bonds. The smallest absolute Gasteiger partial charge is 0.306 e. The number of hydrogen-bond acceptors (Lipinski definition) is 3. The first kappa shape index (κ1) is 18.3. The van der Waals surface area contributed by atoms with E-state index in [0.717, 1.165) is 50.4 Å². The highest BCUT2D eigenvalue weighted by atomic mass is 16.5. The van der Waals surface area contributed by atoms with Crippen LogP contribution in [0.5, 0.6) is 0 Å². The maximum atomic E-state index is 11.9. The summed E-state index contributed by atoms with van der Waals surface area (Å²) in [4.78, 5) is 11.9. The van der Waals surface area contributed by atoms with Crippen molar-refractivity contribution in [3.63, 3.8) is 0 Å². The molecule has 0 saturated heterocycles. The molecule has 3 heteroatoms. The van der Waals surface area contributed by atoms with Crippen LogP contribution in [-0.2, 0) is 9.53 Å². The lowest BCUT2D eigenvalue weighted by Gasteiger charge is -2.36. The first-order valence-electron chi connectivity index (χ1n) is 9.82. The molecule has 0 aliphatic heterocycles. The second-order valence-corrected chi connectivity index (χ2v) is 7.58. The molecule has 0 aromatic carbocycles. The summed E-state index contributed by atoms with van der Waals surface area (Å²) in [6.45, 7) is 2.18. The lowest BCUT2D eigenvalue weighted by molar-refractivity contribution is -0.151. The average Bonchev–Trinajstić information content (AvgIpc) is 2.59. The van der Waals surface area contributed by atoms with Crippen LogP contribution >= 0.6 is 0 Å². The highest BCUT2D eigenvalue weighted by molar-refractivity contribution is 5.69. The van der Waals surface area contributed by atoms with Crippen LogP contribution in [0, 0.1) is 29.1 Å². The molecular weight excluding hydrogens is 286 g/mol. The topological polar surface area (TPSA) is 50.1 Å². The summed E-state index contributed by atoms with van der Waals surface area (Å²) in [5, 5.41) is 9.00. The quantitative estimate of drug-likeness (QED) is 0.467. The van der Waals surface area contributed by atoms with Crippen LogP contribution in [0.2, 0.25) is 0 Å². The van der Waals surface area contributed by atoms with Crippen molar-refractivity contribution in [2.24, 2.45) is 17.8 Å². The second-order valence-electron chi connectivity index (χ2n) is 7.58. The molecule has 0 aromatic heterocycles. The van der Waals surface area contributed by atoms with Crippen LogP contribution in [-0.4, -0.2) is 12.1 Å². The zero-order chi connectivity index (χ0) is 16.5. The van der Waals surface area contributed by atoms with Gasteiger partial charge in [-0.05, 0) is 69.6 Å². The van der Waals surface area contributed by atoms with Gasteiger partial charge in [-0.1, -0.05) is 26.2 Å². The van der Waals surface area contributed by atoms with E-state index < -0.39 is 0 Å². The normalized spacial score (nSPS) is 31.3. The van der Waals surface area contributed by atoms with Crippen LogP contribution in [0.15, 0.2) is 0 Å². The Balaban J connectivity index is 1.60. The molecule has 23 heavy (non-hydrogen) atoms. The van der Waals surface area contributed by atoms with Crippen molar-refractivity contribution in [3.05, 3.63) is 0 Å². The Hall–Kier alpha value is -1.04. The third-order valence-electron chi connectivity index (χ3n) is 5.87. The van der Waals surface area contributed by atoms with Gasteiger partial charge in [0.15, 0.2) is 0 Å². The average molecular weight is 319 g/mol. The number of rotatable bonds is 7. The molecule has 3 nitrogen and oxygen atoms in total. The third-order valence-corrected chi connectivity index (χ3v) is 5.87. The number of unbranched alkanes of at least 4 members (excludes halogenated alkanes) is 3. The van der Waals surface area contributed by atoms with Gasteiger partial charge in [0.2, 0.25) is 0 Å². The maximum absolute atomic E-state index is 11.9. The summed E-state index contributed by atoms with van der Waals surface area (Å²) in [5.74, 6) is 1.93. The highest BCUT2D eigenvalue weighted by Crippen LogP contribution is 2.40. The van der Waals surface area contributed by atoms with E-state index in [1.807, 2.05) is 0 Å². The number of ether oxygens (including phenoxy) is 1. The zero-order valence-electron chi connectivity index (χ0n) is 14.8. The van der Waals surface area contributed by atoms with Gasteiger partial charge in [0.25, 0.3) is 0 Å². The molecule has 2 aliphatic rings. The van der Waals surface area contributed by atoms with Crippen LogP contribution in [0.3, 0.4) is 0 Å². The number of esters is 1.